The Hall–Kier alpha value is -1.81. The second kappa shape index (κ2) is 8.92. The van der Waals surface area contributed by atoms with E-state index in [-0.39, 0.29) is 29.4 Å². The molecule has 0 aromatic heterocycles. The van der Waals surface area contributed by atoms with Crippen LogP contribution >= 0.6 is 22.6 Å². The Morgan fingerprint density at radius 2 is 1.85 bits per heavy atom. The second-order valence-corrected chi connectivity index (χ2v) is 8.63. The van der Waals surface area contributed by atoms with Crippen molar-refractivity contribution in [3.8, 4) is 0 Å². The number of nitrogens with one attached hydrogen (secondary N) is 2. The molecule has 2 aromatic carbocycles. The molecule has 8 heteroatoms. The van der Waals surface area contributed by atoms with E-state index in [4.69, 9.17) is 0 Å². The van der Waals surface area contributed by atoms with Crippen molar-refractivity contribution in [2.24, 2.45) is 0 Å². The Balaban J connectivity index is 1.82. The lowest BCUT2D eigenvalue weighted by Crippen LogP contribution is -2.18. The lowest BCUT2D eigenvalue weighted by Gasteiger charge is -2.21. The highest BCUT2D eigenvalue weighted by molar-refractivity contribution is 14.1. The Kier molecular flexibility index (Phi) is 6.59. The number of halogens is 4. The van der Waals surface area contributed by atoms with Crippen molar-refractivity contribution in [3.63, 3.8) is 0 Å². The zero-order chi connectivity index (χ0) is 19.4. The van der Waals surface area contributed by atoms with E-state index >= 15 is 0 Å². The standard InChI is InChI=1S/C19H16F3IN2OS/c20-14-7-9-17(24-11-27(26)13-4-2-1-3-5-13)19(18(14)22)25-16-8-6-12(23)10-15(16)21/h1-9,15,24-25H,10-11H2. The maximum absolute atomic E-state index is 14.3. The largest absolute Gasteiger partial charge is 0.371 e. The van der Waals surface area contributed by atoms with Gasteiger partial charge in [-0.3, -0.25) is 4.21 Å². The van der Waals surface area contributed by atoms with Gasteiger partial charge in [-0.1, -0.05) is 24.3 Å². The predicted molar refractivity (Wildman–Crippen MR) is 111 cm³/mol. The molecule has 3 nitrogen and oxygen atoms in total. The van der Waals surface area contributed by atoms with Gasteiger partial charge in [0.1, 0.15) is 11.9 Å². The van der Waals surface area contributed by atoms with Gasteiger partial charge in [0.05, 0.1) is 28.1 Å². The van der Waals surface area contributed by atoms with Crippen molar-refractivity contribution in [1.29, 1.82) is 0 Å². The predicted octanol–water partition coefficient (Wildman–Crippen LogP) is 5.50. The lowest BCUT2D eigenvalue weighted by atomic mass is 10.1. The van der Waals surface area contributed by atoms with Gasteiger partial charge in [0.2, 0.25) is 0 Å². The van der Waals surface area contributed by atoms with E-state index in [0.29, 0.717) is 4.90 Å². The van der Waals surface area contributed by atoms with Gasteiger partial charge in [-0.25, -0.2) is 13.2 Å². The third-order valence-corrected chi connectivity index (χ3v) is 5.92. The molecular weight excluding hydrogens is 488 g/mol. The second-order valence-electron chi connectivity index (χ2n) is 5.80. The maximum atomic E-state index is 14.3. The van der Waals surface area contributed by atoms with Gasteiger partial charge >= 0.3 is 0 Å². The van der Waals surface area contributed by atoms with Crippen LogP contribution in [0.3, 0.4) is 0 Å². The summed E-state index contributed by atoms with van der Waals surface area (Å²) in [6.07, 6.45) is 2.06. The van der Waals surface area contributed by atoms with Gasteiger partial charge in [0.25, 0.3) is 0 Å². The van der Waals surface area contributed by atoms with Crippen molar-refractivity contribution in [3.05, 3.63) is 75.5 Å². The minimum atomic E-state index is -1.38. The molecule has 0 bridgehead atoms. The number of benzene rings is 2. The summed E-state index contributed by atoms with van der Waals surface area (Å²) in [4.78, 5) is 0.612. The fourth-order valence-electron chi connectivity index (χ4n) is 2.52. The third kappa shape index (κ3) is 4.92. The molecule has 27 heavy (non-hydrogen) atoms. The Morgan fingerprint density at radius 1 is 1.11 bits per heavy atom. The molecule has 0 spiro atoms. The van der Waals surface area contributed by atoms with E-state index in [2.05, 4.69) is 10.6 Å². The molecule has 142 valence electrons. The van der Waals surface area contributed by atoms with E-state index in [9.17, 15) is 17.4 Å². The Labute approximate surface area is 171 Å². The number of hydrogen-bond donors (Lipinski definition) is 2. The summed E-state index contributed by atoms with van der Waals surface area (Å²) < 4.78 is 55.5. The fraction of sp³-hybridized carbons (Fsp3) is 0.158. The molecule has 3 rings (SSSR count). The number of anilines is 2. The summed E-state index contributed by atoms with van der Waals surface area (Å²) in [5.41, 5.74) is 0.141. The van der Waals surface area contributed by atoms with Gasteiger partial charge in [-0.05, 0) is 56.5 Å². The van der Waals surface area contributed by atoms with E-state index in [1.165, 1.54) is 12.1 Å². The molecule has 2 N–H and O–H groups in total. The topological polar surface area (TPSA) is 41.1 Å². The number of hydrogen-bond acceptors (Lipinski definition) is 3. The first-order valence-electron chi connectivity index (χ1n) is 8.08. The Morgan fingerprint density at radius 3 is 2.56 bits per heavy atom. The summed E-state index contributed by atoms with van der Waals surface area (Å²) in [5, 5.41) is 5.51. The van der Waals surface area contributed by atoms with Crippen molar-refractivity contribution in [2.75, 3.05) is 16.5 Å². The highest BCUT2D eigenvalue weighted by Crippen LogP contribution is 2.32. The van der Waals surface area contributed by atoms with Crippen LogP contribution in [-0.2, 0) is 10.8 Å². The van der Waals surface area contributed by atoms with Crippen LogP contribution in [0.1, 0.15) is 6.42 Å². The van der Waals surface area contributed by atoms with Crippen LogP contribution in [-0.4, -0.2) is 16.3 Å². The summed E-state index contributed by atoms with van der Waals surface area (Å²) in [7, 11) is -1.38. The van der Waals surface area contributed by atoms with Gasteiger partial charge in [0.15, 0.2) is 11.6 Å². The molecule has 2 unspecified atom stereocenters. The highest BCUT2D eigenvalue weighted by atomic mass is 127. The number of rotatable bonds is 6. The zero-order valence-electron chi connectivity index (χ0n) is 14.0. The molecule has 0 amide bonds. The van der Waals surface area contributed by atoms with Crippen LogP contribution < -0.4 is 10.6 Å². The van der Waals surface area contributed by atoms with Crippen LogP contribution in [0, 0.1) is 11.6 Å². The van der Waals surface area contributed by atoms with Crippen molar-refractivity contribution in [2.45, 2.75) is 17.5 Å². The molecule has 0 heterocycles. The van der Waals surface area contributed by atoms with Crippen LogP contribution in [0.25, 0.3) is 0 Å². The van der Waals surface area contributed by atoms with E-state index < -0.39 is 28.6 Å². The minimum Gasteiger partial charge on any atom is -0.371 e. The summed E-state index contributed by atoms with van der Waals surface area (Å²) in [6.45, 7) is 0. The number of allylic oxidation sites excluding steroid dienone is 4. The summed E-state index contributed by atoms with van der Waals surface area (Å²) in [5.74, 6) is -2.17. The molecule has 0 saturated heterocycles. The molecule has 1 aliphatic rings. The van der Waals surface area contributed by atoms with E-state index in [1.54, 1.807) is 30.3 Å². The molecule has 2 atom stereocenters. The normalized spacial score (nSPS) is 17.7. The number of alkyl halides is 1. The summed E-state index contributed by atoms with van der Waals surface area (Å²) >= 11 is 2.03. The average molecular weight is 504 g/mol. The Bertz CT molecular complexity index is 919. The van der Waals surface area contributed by atoms with Gasteiger partial charge < -0.3 is 10.6 Å². The molecule has 0 saturated carbocycles. The quantitative estimate of drug-likeness (QED) is 0.511. The highest BCUT2D eigenvalue weighted by Gasteiger charge is 2.22. The van der Waals surface area contributed by atoms with Crippen LogP contribution in [0.2, 0.25) is 0 Å². The van der Waals surface area contributed by atoms with Crippen LogP contribution in [0.4, 0.5) is 24.5 Å². The zero-order valence-corrected chi connectivity index (χ0v) is 17.0. The molecule has 2 aromatic rings. The maximum Gasteiger partial charge on any atom is 0.184 e. The third-order valence-electron chi connectivity index (χ3n) is 3.92. The van der Waals surface area contributed by atoms with Gasteiger partial charge in [-0.15, -0.1) is 0 Å². The van der Waals surface area contributed by atoms with Crippen molar-refractivity contribution in [1.82, 2.24) is 0 Å². The first-order valence-corrected chi connectivity index (χ1v) is 10.5. The molecular formula is C19H16F3IN2OS. The van der Waals surface area contributed by atoms with Gasteiger partial charge in [-0.2, -0.15) is 0 Å². The van der Waals surface area contributed by atoms with Gasteiger partial charge in [0, 0.05) is 11.3 Å². The summed E-state index contributed by atoms with van der Waals surface area (Å²) in [6, 6.07) is 11.1. The first kappa shape index (κ1) is 19.9. The fourth-order valence-corrected chi connectivity index (χ4v) is 4.00. The first-order chi connectivity index (χ1) is 13.0. The van der Waals surface area contributed by atoms with Crippen molar-refractivity contribution >= 4 is 44.8 Å². The molecule has 0 radical (unpaired) electrons. The van der Waals surface area contributed by atoms with E-state index in [0.717, 1.165) is 9.65 Å². The average Bonchev–Trinajstić information content (AvgIpc) is 2.67. The van der Waals surface area contributed by atoms with E-state index in [1.807, 2.05) is 28.7 Å². The lowest BCUT2D eigenvalue weighted by molar-refractivity contribution is 0.383. The molecule has 0 aliphatic heterocycles. The smallest absolute Gasteiger partial charge is 0.184 e. The van der Waals surface area contributed by atoms with Crippen LogP contribution in [0.15, 0.2) is 68.8 Å². The van der Waals surface area contributed by atoms with Crippen molar-refractivity contribution < 1.29 is 17.4 Å². The monoisotopic (exact) mass is 504 g/mol. The SMILES string of the molecule is O=S(CNc1ccc(F)c(F)c1NC1=CC=C(I)CC1F)c1ccccc1. The molecule has 1 aliphatic carbocycles. The van der Waals surface area contributed by atoms with Crippen LogP contribution in [0.5, 0.6) is 0 Å². The molecule has 0 fully saturated rings. The minimum absolute atomic E-state index is 0.000329.